The molecule has 5 heteroatoms. The second-order valence-corrected chi connectivity index (χ2v) is 9.28. The van der Waals surface area contributed by atoms with Crippen LogP contribution in [0, 0.1) is 11.8 Å². The summed E-state index contributed by atoms with van der Waals surface area (Å²) in [7, 11) is 1.62. The van der Waals surface area contributed by atoms with Crippen LogP contribution in [0.4, 0.5) is 0 Å². The number of hydrogen-bond acceptors (Lipinski definition) is 4. The number of ether oxygens (including phenoxy) is 2. The Hall–Kier alpha value is -3.34. The van der Waals surface area contributed by atoms with Crippen molar-refractivity contribution in [1.29, 1.82) is 0 Å². The molecule has 33 heavy (non-hydrogen) atoms. The monoisotopic (exact) mass is 443 g/mol. The Morgan fingerprint density at radius 3 is 2.58 bits per heavy atom. The molecule has 0 radical (unpaired) electrons. The molecule has 2 aliphatic rings. The Kier molecular flexibility index (Phi) is 5.79. The first-order chi connectivity index (χ1) is 16.0. The molecule has 1 aliphatic carbocycles. The molecule has 0 bridgehead atoms. The van der Waals surface area contributed by atoms with Crippen molar-refractivity contribution in [2.75, 3.05) is 13.7 Å². The van der Waals surface area contributed by atoms with Crippen molar-refractivity contribution in [3.05, 3.63) is 77.5 Å². The Balaban J connectivity index is 1.36. The van der Waals surface area contributed by atoms with E-state index < -0.39 is 5.97 Å². The lowest BCUT2D eigenvalue weighted by Gasteiger charge is -2.28. The molecule has 170 valence electrons. The SMILES string of the molecule is COc1cc(-c2ccc(C3COc4ccc([C@H](C5CC5)[C@H](C)C(=O)O)cc4C3)cc2)ccn1. The lowest BCUT2D eigenvalue weighted by Crippen LogP contribution is -2.22. The molecule has 2 aromatic carbocycles. The fraction of sp³-hybridized carbons (Fsp3) is 0.357. The van der Waals surface area contributed by atoms with Crippen LogP contribution >= 0.6 is 0 Å². The van der Waals surface area contributed by atoms with Gasteiger partial charge < -0.3 is 14.6 Å². The first-order valence-electron chi connectivity index (χ1n) is 11.6. The standard InChI is InChI=1S/C28H29NO4/c1-17(28(30)31)27(20-7-8-20)22-9-10-25-23(13-22)14-24(16-33-25)19-5-3-18(4-6-19)21-11-12-29-26(15-21)32-2/h3-6,9-13,15,17,20,24,27H,7-8,14,16H2,1-2H3,(H,30,31)/t17-,24?,27-/m0/s1. The van der Waals surface area contributed by atoms with E-state index in [4.69, 9.17) is 9.47 Å². The number of aliphatic carboxylic acids is 1. The van der Waals surface area contributed by atoms with Crippen LogP contribution in [0.25, 0.3) is 11.1 Å². The van der Waals surface area contributed by atoms with Gasteiger partial charge in [0, 0.05) is 18.2 Å². The van der Waals surface area contributed by atoms with Crippen molar-refractivity contribution in [3.8, 4) is 22.8 Å². The number of aromatic nitrogens is 1. The van der Waals surface area contributed by atoms with Crippen molar-refractivity contribution in [2.24, 2.45) is 11.8 Å². The third-order valence-electron chi connectivity index (χ3n) is 7.09. The number of nitrogens with zero attached hydrogens (tertiary/aromatic N) is 1. The lowest BCUT2D eigenvalue weighted by molar-refractivity contribution is -0.142. The number of carbonyl (C=O) groups is 1. The molecular formula is C28H29NO4. The Morgan fingerprint density at radius 1 is 1.09 bits per heavy atom. The molecule has 3 atom stereocenters. The summed E-state index contributed by atoms with van der Waals surface area (Å²) in [6.07, 6.45) is 4.89. The fourth-order valence-electron chi connectivity index (χ4n) is 5.06. The van der Waals surface area contributed by atoms with Gasteiger partial charge in [0.05, 0.1) is 19.6 Å². The number of hydrogen-bond donors (Lipinski definition) is 1. The van der Waals surface area contributed by atoms with Gasteiger partial charge in [0.1, 0.15) is 5.75 Å². The second-order valence-electron chi connectivity index (χ2n) is 9.28. The van der Waals surface area contributed by atoms with Gasteiger partial charge in [0.15, 0.2) is 0 Å². The smallest absolute Gasteiger partial charge is 0.306 e. The molecule has 0 spiro atoms. The number of pyridine rings is 1. The zero-order valence-electron chi connectivity index (χ0n) is 19.0. The number of benzene rings is 2. The lowest BCUT2D eigenvalue weighted by atomic mass is 9.81. The Morgan fingerprint density at radius 2 is 1.88 bits per heavy atom. The molecule has 1 unspecified atom stereocenters. The van der Waals surface area contributed by atoms with Crippen LogP contribution in [-0.2, 0) is 11.2 Å². The molecule has 1 N–H and O–H groups in total. The Labute approximate surface area is 194 Å². The topological polar surface area (TPSA) is 68.7 Å². The summed E-state index contributed by atoms with van der Waals surface area (Å²) in [6, 6.07) is 18.8. The number of fused-ring (bicyclic) bond motifs is 1. The maximum absolute atomic E-state index is 11.7. The van der Waals surface area contributed by atoms with Gasteiger partial charge in [-0.3, -0.25) is 4.79 Å². The molecule has 1 saturated carbocycles. The number of carboxylic acid groups (broad SMARTS) is 1. The van der Waals surface area contributed by atoms with E-state index in [0.29, 0.717) is 18.4 Å². The van der Waals surface area contributed by atoms with E-state index in [2.05, 4.69) is 41.4 Å². The molecule has 0 amide bonds. The predicted molar refractivity (Wildman–Crippen MR) is 127 cm³/mol. The summed E-state index contributed by atoms with van der Waals surface area (Å²) >= 11 is 0. The zero-order chi connectivity index (χ0) is 22.9. The predicted octanol–water partition coefficient (Wildman–Crippen LogP) is 5.69. The van der Waals surface area contributed by atoms with Gasteiger partial charge in [-0.25, -0.2) is 4.98 Å². The van der Waals surface area contributed by atoms with Gasteiger partial charge in [-0.2, -0.15) is 0 Å². The molecule has 3 aromatic rings. The molecule has 2 heterocycles. The van der Waals surface area contributed by atoms with Crippen LogP contribution in [0.15, 0.2) is 60.8 Å². The number of carboxylic acids is 1. The quantitative estimate of drug-likeness (QED) is 0.508. The first-order valence-corrected chi connectivity index (χ1v) is 11.6. The van der Waals surface area contributed by atoms with Crippen LogP contribution in [0.3, 0.4) is 0 Å². The average molecular weight is 444 g/mol. The van der Waals surface area contributed by atoms with Crippen LogP contribution in [0.5, 0.6) is 11.6 Å². The molecular weight excluding hydrogens is 414 g/mol. The maximum Gasteiger partial charge on any atom is 0.306 e. The van der Waals surface area contributed by atoms with Crippen LogP contribution in [0.1, 0.15) is 48.3 Å². The summed E-state index contributed by atoms with van der Waals surface area (Å²) in [4.78, 5) is 15.9. The summed E-state index contributed by atoms with van der Waals surface area (Å²) in [6.45, 7) is 2.48. The maximum atomic E-state index is 11.7. The molecule has 5 rings (SSSR count). The highest BCUT2D eigenvalue weighted by molar-refractivity contribution is 5.71. The van der Waals surface area contributed by atoms with Gasteiger partial charge >= 0.3 is 5.97 Å². The summed E-state index contributed by atoms with van der Waals surface area (Å²) in [5.74, 6) is 1.25. The molecule has 1 aromatic heterocycles. The minimum atomic E-state index is -0.717. The highest BCUT2D eigenvalue weighted by Gasteiger charge is 2.39. The van der Waals surface area contributed by atoms with E-state index in [9.17, 15) is 9.90 Å². The summed E-state index contributed by atoms with van der Waals surface area (Å²) < 4.78 is 11.4. The number of rotatable bonds is 7. The van der Waals surface area contributed by atoms with Gasteiger partial charge in [-0.05, 0) is 71.0 Å². The third kappa shape index (κ3) is 4.45. The first kappa shape index (κ1) is 21.5. The summed E-state index contributed by atoms with van der Waals surface area (Å²) in [5.41, 5.74) is 5.75. The van der Waals surface area contributed by atoms with E-state index in [0.717, 1.165) is 41.7 Å². The van der Waals surface area contributed by atoms with E-state index in [1.165, 1.54) is 11.1 Å². The van der Waals surface area contributed by atoms with E-state index in [1.807, 2.05) is 25.1 Å². The van der Waals surface area contributed by atoms with Crippen molar-refractivity contribution >= 4 is 5.97 Å². The summed E-state index contributed by atoms with van der Waals surface area (Å²) in [5, 5.41) is 9.62. The van der Waals surface area contributed by atoms with Crippen LogP contribution in [-0.4, -0.2) is 29.8 Å². The van der Waals surface area contributed by atoms with Crippen molar-refractivity contribution < 1.29 is 19.4 Å². The van der Waals surface area contributed by atoms with Crippen LogP contribution < -0.4 is 9.47 Å². The van der Waals surface area contributed by atoms with Gasteiger partial charge in [0.2, 0.25) is 5.88 Å². The van der Waals surface area contributed by atoms with Crippen molar-refractivity contribution in [2.45, 2.75) is 38.0 Å². The molecule has 1 fully saturated rings. The minimum Gasteiger partial charge on any atom is -0.493 e. The van der Waals surface area contributed by atoms with E-state index in [1.54, 1.807) is 13.3 Å². The zero-order valence-corrected chi connectivity index (χ0v) is 19.0. The molecule has 1 aliphatic heterocycles. The average Bonchev–Trinajstić information content (AvgIpc) is 3.69. The van der Waals surface area contributed by atoms with Crippen molar-refractivity contribution in [1.82, 2.24) is 4.98 Å². The van der Waals surface area contributed by atoms with Gasteiger partial charge in [-0.1, -0.05) is 43.3 Å². The normalized spacial score (nSPS) is 19.2. The van der Waals surface area contributed by atoms with E-state index in [-0.39, 0.29) is 17.8 Å². The van der Waals surface area contributed by atoms with Gasteiger partial charge in [-0.15, -0.1) is 0 Å². The van der Waals surface area contributed by atoms with E-state index >= 15 is 0 Å². The molecule has 5 nitrogen and oxygen atoms in total. The van der Waals surface area contributed by atoms with Gasteiger partial charge in [0.25, 0.3) is 0 Å². The van der Waals surface area contributed by atoms with Crippen LogP contribution in [0.2, 0.25) is 0 Å². The molecule has 0 saturated heterocycles. The third-order valence-corrected chi connectivity index (χ3v) is 7.09. The largest absolute Gasteiger partial charge is 0.493 e. The highest BCUT2D eigenvalue weighted by Crippen LogP contribution is 2.48. The number of methoxy groups -OCH3 is 1. The Bertz CT molecular complexity index is 1150. The fourth-order valence-corrected chi connectivity index (χ4v) is 5.06. The highest BCUT2D eigenvalue weighted by atomic mass is 16.5. The minimum absolute atomic E-state index is 0.0739. The van der Waals surface area contributed by atoms with Crippen molar-refractivity contribution in [3.63, 3.8) is 0 Å². The second kappa shape index (κ2) is 8.89.